The van der Waals surface area contributed by atoms with Gasteiger partial charge in [0.25, 0.3) is 0 Å². The molecule has 1 unspecified atom stereocenters. The Morgan fingerprint density at radius 1 is 1.67 bits per heavy atom. The van der Waals surface area contributed by atoms with Crippen molar-refractivity contribution >= 4 is 38.5 Å². The molecule has 0 spiro atoms. The van der Waals surface area contributed by atoms with Crippen LogP contribution in [-0.4, -0.2) is 21.3 Å². The van der Waals surface area contributed by atoms with Crippen molar-refractivity contribution in [3.8, 4) is 0 Å². The first-order valence-electron chi connectivity index (χ1n) is 3.17. The monoisotopic (exact) mass is 246 g/mol. The van der Waals surface area contributed by atoms with E-state index in [4.69, 9.17) is 0 Å². The van der Waals surface area contributed by atoms with E-state index in [1.807, 2.05) is 12.1 Å². The topological polar surface area (TPSA) is 48.3 Å². The van der Waals surface area contributed by atoms with Crippen LogP contribution in [0.5, 0.6) is 0 Å². The average molecular weight is 247 g/mol. The molecule has 0 N–H and O–H groups in total. The molecule has 0 saturated heterocycles. The lowest BCUT2D eigenvalue weighted by Crippen LogP contribution is -1.95. The fraction of sp³-hybridized carbons (Fsp3) is 0.143. The van der Waals surface area contributed by atoms with Crippen molar-refractivity contribution in [2.24, 2.45) is 4.99 Å². The van der Waals surface area contributed by atoms with Gasteiger partial charge in [-0.3, -0.25) is 0 Å². The van der Waals surface area contributed by atoms with Gasteiger partial charge in [-0.25, -0.2) is 4.98 Å². The Morgan fingerprint density at radius 2 is 2.42 bits per heavy atom. The lowest BCUT2D eigenvalue weighted by molar-refractivity contribution is 0.612. The summed E-state index contributed by atoms with van der Waals surface area (Å²) in [4.78, 5) is 7.93. The number of pyridine rings is 1. The molecule has 1 rings (SSSR count). The molecule has 0 aliphatic heterocycles. The van der Waals surface area contributed by atoms with Gasteiger partial charge in [0.1, 0.15) is 10.9 Å². The number of nitrogens with zero attached hydrogens (tertiary/aromatic N) is 2. The van der Waals surface area contributed by atoms with Crippen LogP contribution in [0.25, 0.3) is 0 Å². The van der Waals surface area contributed by atoms with Crippen LogP contribution in [-0.2, 0) is 11.2 Å². The van der Waals surface area contributed by atoms with Gasteiger partial charge in [0, 0.05) is 0 Å². The summed E-state index contributed by atoms with van der Waals surface area (Å²) in [5, 5.41) is 0. The Balaban J connectivity index is 2.76. The van der Waals surface area contributed by atoms with Gasteiger partial charge in [-0.1, -0.05) is 6.07 Å². The van der Waals surface area contributed by atoms with Crippen LogP contribution < -0.4 is 0 Å². The minimum atomic E-state index is -1.02. The van der Waals surface area contributed by atoms with E-state index >= 15 is 0 Å². The minimum Gasteiger partial charge on any atom is -0.611 e. The highest BCUT2D eigenvalue weighted by Gasteiger charge is 1.93. The van der Waals surface area contributed by atoms with Gasteiger partial charge in [0.2, 0.25) is 5.55 Å². The Labute approximate surface area is 82.2 Å². The summed E-state index contributed by atoms with van der Waals surface area (Å²) in [6.45, 7) is 0. The van der Waals surface area contributed by atoms with Crippen molar-refractivity contribution < 1.29 is 4.55 Å². The van der Waals surface area contributed by atoms with E-state index in [2.05, 4.69) is 25.9 Å². The quantitative estimate of drug-likeness (QED) is 0.346. The molecule has 12 heavy (non-hydrogen) atoms. The van der Waals surface area contributed by atoms with Crippen LogP contribution in [0.1, 0.15) is 0 Å². The Hall–Kier alpha value is -0.390. The lowest BCUT2D eigenvalue weighted by atomic mass is 10.5. The average Bonchev–Trinajstić information content (AvgIpc) is 2.01. The second kappa shape index (κ2) is 4.59. The predicted octanol–water partition coefficient (Wildman–Crippen LogP) is 1.88. The first-order chi connectivity index (χ1) is 5.68. The number of halogens is 1. The molecular weight excluding hydrogens is 240 g/mol. The third kappa shape index (κ3) is 3.34. The molecule has 0 radical (unpaired) electrons. The fourth-order valence-electron chi connectivity index (χ4n) is 0.598. The summed E-state index contributed by atoms with van der Waals surface area (Å²) >= 11 is 2.19. The first kappa shape index (κ1) is 9.70. The van der Waals surface area contributed by atoms with Gasteiger partial charge in [-0.05, 0) is 39.2 Å². The van der Waals surface area contributed by atoms with Crippen molar-refractivity contribution in [2.45, 2.75) is 0 Å². The molecule has 1 heterocycles. The van der Waals surface area contributed by atoms with Gasteiger partial charge < -0.3 is 4.55 Å². The Morgan fingerprint density at radius 3 is 3.00 bits per heavy atom. The van der Waals surface area contributed by atoms with Crippen molar-refractivity contribution in [1.29, 1.82) is 0 Å². The molecule has 0 aliphatic rings. The summed E-state index contributed by atoms with van der Waals surface area (Å²) < 4.78 is 11.3. The van der Waals surface area contributed by atoms with Gasteiger partial charge in [-0.2, -0.15) is 4.99 Å². The molecular formula is C7H7BrN2OS. The molecule has 0 aromatic carbocycles. The van der Waals surface area contributed by atoms with Crippen molar-refractivity contribution in [3.05, 3.63) is 22.8 Å². The second-order valence-electron chi connectivity index (χ2n) is 2.05. The highest BCUT2D eigenvalue weighted by Crippen LogP contribution is 2.12. The summed E-state index contributed by atoms with van der Waals surface area (Å²) in [5.41, 5.74) is 1.36. The van der Waals surface area contributed by atoms with E-state index in [1.165, 1.54) is 5.55 Å². The Kier molecular flexibility index (Phi) is 3.71. The first-order valence-corrected chi connectivity index (χ1v) is 5.59. The molecule has 0 aliphatic carbocycles. The van der Waals surface area contributed by atoms with Gasteiger partial charge in [0.05, 0.1) is 0 Å². The van der Waals surface area contributed by atoms with E-state index in [-0.39, 0.29) is 0 Å². The van der Waals surface area contributed by atoms with E-state index in [0.717, 1.165) is 4.60 Å². The number of aliphatic imine (C=N–C) groups is 1. The predicted molar refractivity (Wildman–Crippen MR) is 54.2 cm³/mol. The zero-order valence-corrected chi connectivity index (χ0v) is 8.80. The zero-order chi connectivity index (χ0) is 8.97. The molecule has 5 heteroatoms. The van der Waals surface area contributed by atoms with Crippen LogP contribution in [0.15, 0.2) is 27.8 Å². The normalized spacial score (nSPS) is 13.6. The summed E-state index contributed by atoms with van der Waals surface area (Å²) in [6.07, 6.45) is 1.56. The maximum atomic E-state index is 10.6. The van der Waals surface area contributed by atoms with Crippen LogP contribution in [0.3, 0.4) is 0 Å². The van der Waals surface area contributed by atoms with Crippen molar-refractivity contribution in [1.82, 2.24) is 4.98 Å². The van der Waals surface area contributed by atoms with Gasteiger partial charge in [0.15, 0.2) is 5.82 Å². The molecule has 1 atom stereocenters. The number of hydrogen-bond acceptors (Lipinski definition) is 3. The van der Waals surface area contributed by atoms with Crippen LogP contribution in [0, 0.1) is 0 Å². The zero-order valence-electron chi connectivity index (χ0n) is 6.40. The van der Waals surface area contributed by atoms with E-state index in [0.29, 0.717) is 5.82 Å². The standard InChI is InChI=1S/C7H7BrN2OS/c1-12(11)5-9-7-4-2-3-6(8)10-7/h2-5H,1H3. The maximum absolute atomic E-state index is 10.6. The second-order valence-corrected chi connectivity index (χ2v) is 4.07. The van der Waals surface area contributed by atoms with Crippen LogP contribution >= 0.6 is 15.9 Å². The summed E-state index contributed by atoms with van der Waals surface area (Å²) in [6, 6.07) is 5.37. The molecule has 0 fully saturated rings. The van der Waals surface area contributed by atoms with E-state index < -0.39 is 11.2 Å². The maximum Gasteiger partial charge on any atom is 0.209 e. The molecule has 0 saturated carbocycles. The minimum absolute atomic E-state index is 0.555. The molecule has 64 valence electrons. The molecule has 0 bridgehead atoms. The van der Waals surface area contributed by atoms with E-state index in [9.17, 15) is 4.55 Å². The SMILES string of the molecule is C[S+]([O-])C=Nc1cccc(Br)n1. The van der Waals surface area contributed by atoms with Crippen molar-refractivity contribution in [2.75, 3.05) is 6.26 Å². The summed E-state index contributed by atoms with van der Waals surface area (Å²) in [7, 11) is 0. The number of hydrogen-bond donors (Lipinski definition) is 0. The third-order valence-electron chi connectivity index (χ3n) is 1.03. The molecule has 1 aromatic rings. The molecule has 1 aromatic heterocycles. The van der Waals surface area contributed by atoms with Gasteiger partial charge >= 0.3 is 0 Å². The highest BCUT2D eigenvalue weighted by atomic mass is 79.9. The van der Waals surface area contributed by atoms with E-state index in [1.54, 1.807) is 12.3 Å². The number of aromatic nitrogens is 1. The van der Waals surface area contributed by atoms with Crippen LogP contribution in [0.2, 0.25) is 0 Å². The van der Waals surface area contributed by atoms with Gasteiger partial charge in [-0.15, -0.1) is 0 Å². The van der Waals surface area contributed by atoms with Crippen molar-refractivity contribution in [3.63, 3.8) is 0 Å². The number of rotatable bonds is 2. The lowest BCUT2D eigenvalue weighted by Gasteiger charge is -1.95. The molecule has 0 amide bonds. The third-order valence-corrected chi connectivity index (χ3v) is 1.88. The summed E-state index contributed by atoms with van der Waals surface area (Å²) in [5.74, 6) is 0.555. The van der Waals surface area contributed by atoms with Crippen LogP contribution in [0.4, 0.5) is 5.82 Å². The Bertz CT molecular complexity index is 290. The largest absolute Gasteiger partial charge is 0.611 e. The highest BCUT2D eigenvalue weighted by molar-refractivity contribution is 9.10. The fourth-order valence-corrected chi connectivity index (χ4v) is 1.19. The smallest absolute Gasteiger partial charge is 0.209 e. The molecule has 3 nitrogen and oxygen atoms in total.